The maximum atomic E-state index is 13.6. The van der Waals surface area contributed by atoms with Crippen molar-refractivity contribution in [2.45, 2.75) is 322 Å². The number of nitrogens with zero attached hydrogens (tertiary/aromatic N) is 1. The topological polar surface area (TPSA) is 114 Å². The van der Waals surface area contributed by atoms with Crippen LogP contribution in [0.1, 0.15) is 310 Å². The molecule has 0 spiro atoms. The number of carbonyl (C=O) groups excluding carboxylic acids is 2. The second-order valence-electron chi connectivity index (χ2n) is 25.0. The SMILES string of the molecule is CCCCC/C=C\C/C=C\C/C=C\C/C=C\CCCCCCCCCCCC(=O)NC(COP(=O)([O-])OCC[N+](C)(C)C)C(/C=C/CCCCCCCCCCCC)OC(=O)CCCCCCCCC/C=C\C/C=C\C/C=C\C/C=C\CCCCC. The molecule has 0 fully saturated rings. The Labute approximate surface area is 531 Å². The van der Waals surface area contributed by atoms with E-state index in [1.54, 1.807) is 0 Å². The summed E-state index contributed by atoms with van der Waals surface area (Å²) in [6, 6.07) is -0.904. The Kier molecular flexibility index (Phi) is 62.1. The van der Waals surface area contributed by atoms with Crippen molar-refractivity contribution in [1.82, 2.24) is 5.32 Å². The molecule has 0 radical (unpaired) electrons. The van der Waals surface area contributed by atoms with Gasteiger partial charge in [-0.2, -0.15) is 0 Å². The van der Waals surface area contributed by atoms with Crippen molar-refractivity contribution in [2.24, 2.45) is 0 Å². The minimum absolute atomic E-state index is 0.0304. The van der Waals surface area contributed by atoms with Crippen LogP contribution in [0.25, 0.3) is 0 Å². The van der Waals surface area contributed by atoms with E-state index >= 15 is 0 Å². The van der Waals surface area contributed by atoms with Gasteiger partial charge in [-0.1, -0.05) is 285 Å². The smallest absolute Gasteiger partial charge is 0.306 e. The van der Waals surface area contributed by atoms with E-state index in [9.17, 15) is 19.0 Å². The molecule has 0 aromatic rings. The molecule has 0 aliphatic heterocycles. The van der Waals surface area contributed by atoms with Gasteiger partial charge in [0.2, 0.25) is 5.91 Å². The first kappa shape index (κ1) is 82.7. The summed E-state index contributed by atoms with van der Waals surface area (Å²) in [6.45, 7) is 6.79. The van der Waals surface area contributed by atoms with E-state index in [1.807, 2.05) is 33.3 Å². The summed E-state index contributed by atoms with van der Waals surface area (Å²) in [6.07, 6.45) is 89.1. The number of nitrogens with one attached hydrogen (secondary N) is 1. The number of phosphoric ester groups is 1. The van der Waals surface area contributed by atoms with Crippen LogP contribution in [0.5, 0.6) is 0 Å². The minimum atomic E-state index is -4.72. The van der Waals surface area contributed by atoms with Gasteiger partial charge in [0.15, 0.2) is 0 Å². The van der Waals surface area contributed by atoms with Crippen LogP contribution >= 0.6 is 7.82 Å². The Morgan fingerprint density at radius 3 is 1.08 bits per heavy atom. The van der Waals surface area contributed by atoms with Crippen molar-refractivity contribution in [3.8, 4) is 0 Å². The first-order valence-electron chi connectivity index (χ1n) is 35.7. The van der Waals surface area contributed by atoms with E-state index in [1.165, 1.54) is 154 Å². The molecular weight excluding hydrogens is 1080 g/mol. The zero-order valence-corrected chi connectivity index (χ0v) is 57.6. The second kappa shape index (κ2) is 64.6. The van der Waals surface area contributed by atoms with Gasteiger partial charge in [0.1, 0.15) is 19.3 Å². The number of hydrogen-bond donors (Lipinski definition) is 1. The Bertz CT molecular complexity index is 1840. The number of quaternary nitrogens is 1. The van der Waals surface area contributed by atoms with E-state index in [0.29, 0.717) is 23.9 Å². The van der Waals surface area contributed by atoms with Crippen LogP contribution in [0.15, 0.2) is 109 Å². The molecule has 0 bridgehead atoms. The summed E-state index contributed by atoms with van der Waals surface area (Å²) < 4.78 is 30.4. The van der Waals surface area contributed by atoms with E-state index in [0.717, 1.165) is 116 Å². The largest absolute Gasteiger partial charge is 0.756 e. The molecule has 0 heterocycles. The summed E-state index contributed by atoms with van der Waals surface area (Å²) >= 11 is 0. The molecule has 0 rings (SSSR count). The molecule has 1 amide bonds. The van der Waals surface area contributed by atoms with Gasteiger partial charge in [-0.25, -0.2) is 0 Å². The number of likely N-dealkylation sites (N-methyl/N-ethyl adjacent to an activating group) is 1. The maximum absolute atomic E-state index is 13.6. The van der Waals surface area contributed by atoms with Crippen molar-refractivity contribution >= 4 is 19.7 Å². The Morgan fingerprint density at radius 2 is 0.709 bits per heavy atom. The molecule has 0 aromatic carbocycles. The lowest BCUT2D eigenvalue weighted by Crippen LogP contribution is -2.47. The van der Waals surface area contributed by atoms with Crippen LogP contribution in [-0.2, 0) is 27.9 Å². The molecule has 0 saturated heterocycles. The van der Waals surface area contributed by atoms with Crippen LogP contribution in [0.4, 0.5) is 0 Å². The quantitative estimate of drug-likeness (QED) is 0.0212. The van der Waals surface area contributed by atoms with E-state index in [2.05, 4.69) is 123 Å². The first-order chi connectivity index (χ1) is 41.9. The predicted octanol–water partition coefficient (Wildman–Crippen LogP) is 22.2. The van der Waals surface area contributed by atoms with E-state index in [-0.39, 0.29) is 24.9 Å². The average molecular weight is 1220 g/mol. The second-order valence-corrected chi connectivity index (χ2v) is 26.4. The fourth-order valence-electron chi connectivity index (χ4n) is 9.90. The number of esters is 1. The highest BCUT2D eigenvalue weighted by molar-refractivity contribution is 7.45. The molecule has 86 heavy (non-hydrogen) atoms. The van der Waals surface area contributed by atoms with Gasteiger partial charge in [0.05, 0.1) is 33.8 Å². The molecule has 10 heteroatoms. The Hall–Kier alpha value is -3.33. The van der Waals surface area contributed by atoms with Crippen molar-refractivity contribution in [3.63, 3.8) is 0 Å². The van der Waals surface area contributed by atoms with Crippen molar-refractivity contribution < 1.29 is 37.3 Å². The average Bonchev–Trinajstić information content (AvgIpc) is 3.69. The summed E-state index contributed by atoms with van der Waals surface area (Å²) in [4.78, 5) is 40.2. The highest BCUT2D eigenvalue weighted by Gasteiger charge is 2.27. The van der Waals surface area contributed by atoms with Gasteiger partial charge in [-0.05, 0) is 122 Å². The molecule has 0 saturated carbocycles. The fourth-order valence-corrected chi connectivity index (χ4v) is 10.6. The molecule has 0 aromatic heterocycles. The van der Waals surface area contributed by atoms with Crippen molar-refractivity contribution in [2.75, 3.05) is 40.9 Å². The third kappa shape index (κ3) is 65.1. The fraction of sp³-hybridized carbons (Fsp3) is 0.737. The molecule has 3 unspecified atom stereocenters. The van der Waals surface area contributed by atoms with Crippen LogP contribution in [-0.4, -0.2) is 69.4 Å². The number of ether oxygens (including phenoxy) is 1. The van der Waals surface area contributed by atoms with Crippen LogP contribution in [0.3, 0.4) is 0 Å². The molecule has 0 aliphatic carbocycles. The summed E-state index contributed by atoms with van der Waals surface area (Å²) in [5.41, 5.74) is 0. The van der Waals surface area contributed by atoms with Crippen LogP contribution in [0.2, 0.25) is 0 Å². The van der Waals surface area contributed by atoms with Gasteiger partial charge in [0.25, 0.3) is 7.82 Å². The molecular formula is C76H135N2O7P. The summed E-state index contributed by atoms with van der Waals surface area (Å²) in [7, 11) is 1.17. The van der Waals surface area contributed by atoms with Gasteiger partial charge < -0.3 is 28.5 Å². The lowest BCUT2D eigenvalue weighted by Gasteiger charge is -2.30. The van der Waals surface area contributed by atoms with Gasteiger partial charge in [-0.3, -0.25) is 14.2 Å². The molecule has 1 N–H and O–H groups in total. The number of unbranched alkanes of at least 4 members (excludes halogenated alkanes) is 32. The Balaban J connectivity index is 5.13. The minimum Gasteiger partial charge on any atom is -0.756 e. The molecule has 0 aliphatic rings. The normalized spacial score (nSPS) is 14.2. The number of carbonyl (C=O) groups is 2. The number of hydrogen-bond acceptors (Lipinski definition) is 7. The first-order valence-corrected chi connectivity index (χ1v) is 37.2. The molecule has 9 nitrogen and oxygen atoms in total. The maximum Gasteiger partial charge on any atom is 0.306 e. The Morgan fingerprint density at radius 1 is 0.407 bits per heavy atom. The molecule has 3 atom stereocenters. The highest BCUT2D eigenvalue weighted by Crippen LogP contribution is 2.38. The zero-order chi connectivity index (χ0) is 62.8. The van der Waals surface area contributed by atoms with Crippen molar-refractivity contribution in [1.29, 1.82) is 0 Å². The number of allylic oxidation sites excluding steroid dienone is 17. The predicted molar refractivity (Wildman–Crippen MR) is 371 cm³/mol. The van der Waals surface area contributed by atoms with E-state index in [4.69, 9.17) is 13.8 Å². The third-order valence-electron chi connectivity index (χ3n) is 15.4. The standard InChI is InChI=1S/C76H135N2O7P/c1-7-10-13-16-19-22-25-28-30-32-34-36-38-39-41-42-44-46-48-50-53-56-59-62-65-68-75(79)77-73(72-84-86(81,82)83-71-70-78(4,5)6)74(67-64-61-58-55-52-27-24-21-18-15-12-9-3)85-76(80)69-66-63-60-57-54-51-49-47-45-43-40-37-35-33-31-29-26-23-20-17-14-11-8-2/h19-20,22-23,28-31,34-37,39,41,43,45,64,67,73-74H,7-18,21,24-27,32-33,38,40,42,44,46-63,65-66,68-72H2,1-6H3,(H-,77,79,81,82)/b22-19-,23-20-,30-28-,31-29-,36-34-,37-35-,41-39-,45-43-,67-64+. The lowest BCUT2D eigenvalue weighted by molar-refractivity contribution is -0.870. The van der Waals surface area contributed by atoms with Crippen LogP contribution < -0.4 is 10.2 Å². The van der Waals surface area contributed by atoms with E-state index < -0.39 is 26.6 Å². The summed E-state index contributed by atoms with van der Waals surface area (Å²) in [5.74, 6) is -0.560. The monoisotopic (exact) mass is 1220 g/mol. The highest BCUT2D eigenvalue weighted by atomic mass is 31.2. The van der Waals surface area contributed by atoms with Gasteiger partial charge in [-0.15, -0.1) is 0 Å². The lowest BCUT2D eigenvalue weighted by atomic mass is 10.0. The van der Waals surface area contributed by atoms with Crippen molar-refractivity contribution in [3.05, 3.63) is 109 Å². The van der Waals surface area contributed by atoms with Gasteiger partial charge in [0, 0.05) is 12.8 Å². The number of amides is 1. The number of rotatable bonds is 64. The summed E-state index contributed by atoms with van der Waals surface area (Å²) in [5, 5.41) is 3.04. The van der Waals surface area contributed by atoms with Crippen LogP contribution in [0, 0.1) is 0 Å². The third-order valence-corrected chi connectivity index (χ3v) is 16.4. The molecule has 496 valence electrons. The number of phosphoric acid groups is 1. The zero-order valence-electron chi connectivity index (χ0n) is 56.7. The van der Waals surface area contributed by atoms with Gasteiger partial charge >= 0.3 is 5.97 Å².